The second kappa shape index (κ2) is 5.69. The molecule has 2 aromatic rings. The first-order valence-electron chi connectivity index (χ1n) is 6.24. The molecule has 0 saturated carbocycles. The molecule has 2 rings (SSSR count). The van der Waals surface area contributed by atoms with E-state index in [1.165, 1.54) is 16.5 Å². The van der Waals surface area contributed by atoms with Crippen LogP contribution in [0.3, 0.4) is 0 Å². The van der Waals surface area contributed by atoms with Gasteiger partial charge in [-0.05, 0) is 30.9 Å². The zero-order valence-corrected chi connectivity index (χ0v) is 10.6. The number of hydrogen-bond acceptors (Lipinski definition) is 2. The van der Waals surface area contributed by atoms with Crippen molar-refractivity contribution < 1.29 is 4.79 Å². The number of nitrogens with one attached hydrogen (secondary N) is 1. The van der Waals surface area contributed by atoms with E-state index in [1.54, 1.807) is 7.05 Å². The lowest BCUT2D eigenvalue weighted by atomic mass is 10.1. The van der Waals surface area contributed by atoms with Gasteiger partial charge in [-0.1, -0.05) is 18.2 Å². The number of carbonyl (C=O) groups is 1. The smallest absolute Gasteiger partial charge is 0.236 e. The Kier molecular flexibility index (Phi) is 3.99. The second-order valence-electron chi connectivity index (χ2n) is 4.57. The maximum Gasteiger partial charge on any atom is 0.236 e. The molecule has 3 N–H and O–H groups in total. The Morgan fingerprint density at radius 1 is 1.33 bits per heavy atom. The predicted molar refractivity (Wildman–Crippen MR) is 72.8 cm³/mol. The van der Waals surface area contributed by atoms with Gasteiger partial charge in [-0.25, -0.2) is 5.84 Å². The molecular formula is C14H19N3O. The molecule has 4 heteroatoms. The van der Waals surface area contributed by atoms with Crippen molar-refractivity contribution in [1.29, 1.82) is 0 Å². The number of rotatable bonds is 5. The molecule has 0 aliphatic rings. The molecule has 0 unspecified atom stereocenters. The highest BCUT2D eigenvalue weighted by atomic mass is 16.2. The summed E-state index contributed by atoms with van der Waals surface area (Å²) in [6.45, 7) is 0. The highest BCUT2D eigenvalue weighted by Gasteiger charge is 2.05. The number of fused-ring (bicyclic) bond motifs is 1. The average Bonchev–Trinajstić information content (AvgIpc) is 2.77. The summed E-state index contributed by atoms with van der Waals surface area (Å²) < 4.78 is 0. The lowest BCUT2D eigenvalue weighted by Gasteiger charge is -2.08. The van der Waals surface area contributed by atoms with Crippen LogP contribution in [-0.2, 0) is 11.2 Å². The molecule has 1 amide bonds. The van der Waals surface area contributed by atoms with Crippen LogP contribution in [0.1, 0.15) is 24.8 Å². The Hall–Kier alpha value is -1.81. The molecule has 0 atom stereocenters. The molecule has 4 nitrogen and oxygen atoms in total. The van der Waals surface area contributed by atoms with Crippen LogP contribution in [0.15, 0.2) is 30.5 Å². The molecule has 0 fully saturated rings. The van der Waals surface area contributed by atoms with Crippen molar-refractivity contribution in [3.05, 3.63) is 36.0 Å². The number of nitrogens with two attached hydrogens (primary N) is 1. The summed E-state index contributed by atoms with van der Waals surface area (Å²) in [7, 11) is 1.59. The first-order chi connectivity index (χ1) is 8.68. The Labute approximate surface area is 107 Å². The standard InChI is InChI=1S/C14H19N3O/c1-17(15)14(18)9-5-2-6-11-10-16-13-8-4-3-7-12(11)13/h3-4,7-8,10,16H,2,5-6,9,15H2,1H3. The second-order valence-corrected chi connectivity index (χ2v) is 4.57. The average molecular weight is 245 g/mol. The summed E-state index contributed by atoms with van der Waals surface area (Å²) in [6.07, 6.45) is 5.45. The molecule has 1 aromatic carbocycles. The van der Waals surface area contributed by atoms with Gasteiger partial charge in [0.1, 0.15) is 0 Å². The van der Waals surface area contributed by atoms with Gasteiger partial charge in [0, 0.05) is 30.6 Å². The predicted octanol–water partition coefficient (Wildman–Crippen LogP) is 2.21. The van der Waals surface area contributed by atoms with Crippen molar-refractivity contribution >= 4 is 16.8 Å². The minimum absolute atomic E-state index is 0.00562. The fraction of sp³-hybridized carbons (Fsp3) is 0.357. The first-order valence-corrected chi connectivity index (χ1v) is 6.24. The van der Waals surface area contributed by atoms with Crippen molar-refractivity contribution in [2.75, 3.05) is 7.05 Å². The summed E-state index contributed by atoms with van der Waals surface area (Å²) in [6, 6.07) is 8.27. The van der Waals surface area contributed by atoms with Gasteiger partial charge in [-0.2, -0.15) is 0 Å². The zero-order valence-electron chi connectivity index (χ0n) is 10.6. The van der Waals surface area contributed by atoms with Gasteiger partial charge in [0.15, 0.2) is 0 Å². The number of para-hydroxylation sites is 1. The largest absolute Gasteiger partial charge is 0.361 e. The summed E-state index contributed by atoms with van der Waals surface area (Å²) in [5.41, 5.74) is 2.49. The van der Waals surface area contributed by atoms with Gasteiger partial charge < -0.3 is 4.98 Å². The molecule has 0 spiro atoms. The van der Waals surface area contributed by atoms with Gasteiger partial charge in [-0.15, -0.1) is 0 Å². The number of carbonyl (C=O) groups excluding carboxylic acids is 1. The summed E-state index contributed by atoms with van der Waals surface area (Å²) >= 11 is 0. The van der Waals surface area contributed by atoms with E-state index < -0.39 is 0 Å². The van der Waals surface area contributed by atoms with E-state index >= 15 is 0 Å². The highest BCUT2D eigenvalue weighted by Crippen LogP contribution is 2.19. The molecule has 1 heterocycles. The van der Waals surface area contributed by atoms with Crippen LogP contribution < -0.4 is 5.84 Å². The number of benzene rings is 1. The molecule has 0 bridgehead atoms. The maximum absolute atomic E-state index is 11.3. The molecule has 0 radical (unpaired) electrons. The number of hydrazine groups is 1. The van der Waals surface area contributed by atoms with Gasteiger partial charge in [0.25, 0.3) is 0 Å². The number of unbranched alkanes of at least 4 members (excludes halogenated alkanes) is 1. The zero-order chi connectivity index (χ0) is 13.0. The molecule has 96 valence electrons. The van der Waals surface area contributed by atoms with E-state index in [9.17, 15) is 4.79 Å². The summed E-state index contributed by atoms with van der Waals surface area (Å²) in [4.78, 5) is 14.6. The lowest BCUT2D eigenvalue weighted by Crippen LogP contribution is -2.32. The fourth-order valence-electron chi connectivity index (χ4n) is 2.11. The van der Waals surface area contributed by atoms with E-state index in [1.807, 2.05) is 12.1 Å². The molecule has 0 saturated heterocycles. The van der Waals surface area contributed by atoms with Crippen LogP contribution in [0.5, 0.6) is 0 Å². The van der Waals surface area contributed by atoms with Crippen LogP contribution in [0, 0.1) is 0 Å². The van der Waals surface area contributed by atoms with Gasteiger partial charge in [0.2, 0.25) is 5.91 Å². The van der Waals surface area contributed by atoms with Crippen LogP contribution in [-0.4, -0.2) is 22.9 Å². The third-order valence-electron chi connectivity index (χ3n) is 3.16. The number of aromatic amines is 1. The molecule has 0 aliphatic heterocycles. The third-order valence-corrected chi connectivity index (χ3v) is 3.16. The molecule has 0 aliphatic carbocycles. The van der Waals surface area contributed by atoms with Gasteiger partial charge >= 0.3 is 0 Å². The topological polar surface area (TPSA) is 62.1 Å². The number of H-pyrrole nitrogens is 1. The third kappa shape index (κ3) is 2.90. The van der Waals surface area contributed by atoms with E-state index in [2.05, 4.69) is 23.3 Å². The number of nitrogens with zero attached hydrogens (tertiary/aromatic N) is 1. The van der Waals surface area contributed by atoms with Crippen LogP contribution in [0.4, 0.5) is 0 Å². The first kappa shape index (κ1) is 12.6. The van der Waals surface area contributed by atoms with Gasteiger partial charge in [0.05, 0.1) is 0 Å². The molecular weight excluding hydrogens is 226 g/mol. The quantitative estimate of drug-likeness (QED) is 0.367. The Morgan fingerprint density at radius 2 is 2.11 bits per heavy atom. The van der Waals surface area contributed by atoms with E-state index in [0.717, 1.165) is 24.3 Å². The minimum Gasteiger partial charge on any atom is -0.361 e. The summed E-state index contributed by atoms with van der Waals surface area (Å²) in [5, 5.41) is 2.44. The number of aryl methyl sites for hydroxylation is 1. The fourth-order valence-corrected chi connectivity index (χ4v) is 2.11. The Balaban J connectivity index is 1.85. The van der Waals surface area contributed by atoms with Crippen LogP contribution >= 0.6 is 0 Å². The van der Waals surface area contributed by atoms with Crippen LogP contribution in [0.2, 0.25) is 0 Å². The van der Waals surface area contributed by atoms with E-state index in [-0.39, 0.29) is 5.91 Å². The monoisotopic (exact) mass is 245 g/mol. The lowest BCUT2D eigenvalue weighted by molar-refractivity contribution is -0.130. The Morgan fingerprint density at radius 3 is 2.89 bits per heavy atom. The molecule has 1 aromatic heterocycles. The Bertz CT molecular complexity index is 531. The minimum atomic E-state index is -0.00562. The van der Waals surface area contributed by atoms with Crippen molar-refractivity contribution in [2.45, 2.75) is 25.7 Å². The summed E-state index contributed by atoms with van der Waals surface area (Å²) in [5.74, 6) is 5.36. The van der Waals surface area contributed by atoms with Crippen LogP contribution in [0.25, 0.3) is 10.9 Å². The SMILES string of the molecule is CN(N)C(=O)CCCCc1c[nH]c2ccccc12. The van der Waals surface area contributed by atoms with Gasteiger partial charge in [-0.3, -0.25) is 9.80 Å². The van der Waals surface area contributed by atoms with Crippen molar-refractivity contribution in [2.24, 2.45) is 5.84 Å². The number of amides is 1. The number of hydrogen-bond donors (Lipinski definition) is 2. The molecule has 18 heavy (non-hydrogen) atoms. The maximum atomic E-state index is 11.3. The van der Waals surface area contributed by atoms with Crippen molar-refractivity contribution in [1.82, 2.24) is 9.99 Å². The van der Waals surface area contributed by atoms with E-state index in [0.29, 0.717) is 6.42 Å². The normalized spacial score (nSPS) is 10.8. The highest BCUT2D eigenvalue weighted by molar-refractivity contribution is 5.83. The number of aromatic nitrogens is 1. The van der Waals surface area contributed by atoms with E-state index in [4.69, 9.17) is 5.84 Å². The van der Waals surface area contributed by atoms with Crippen molar-refractivity contribution in [3.8, 4) is 0 Å². The van der Waals surface area contributed by atoms with Crippen molar-refractivity contribution in [3.63, 3.8) is 0 Å².